The quantitative estimate of drug-likeness (QED) is 0.553. The number of nitro benzene ring substituents is 1. The maximum atomic E-state index is 11.9. The van der Waals surface area contributed by atoms with Crippen molar-refractivity contribution in [1.29, 1.82) is 0 Å². The number of aromatic nitrogens is 2. The summed E-state index contributed by atoms with van der Waals surface area (Å²) in [5, 5.41) is 15.2. The van der Waals surface area contributed by atoms with Crippen molar-refractivity contribution in [3.63, 3.8) is 0 Å². The first-order valence-electron chi connectivity index (χ1n) is 8.34. The van der Waals surface area contributed by atoms with Gasteiger partial charge in [-0.05, 0) is 24.6 Å². The second-order valence-electron chi connectivity index (χ2n) is 6.29. The van der Waals surface area contributed by atoms with E-state index in [1.807, 2.05) is 35.2 Å². The second kappa shape index (κ2) is 6.47. The van der Waals surface area contributed by atoms with Gasteiger partial charge in [0.1, 0.15) is 5.69 Å². The molecule has 132 valence electrons. The molecule has 1 aliphatic heterocycles. The summed E-state index contributed by atoms with van der Waals surface area (Å²) in [6.07, 6.45) is 2.18. The lowest BCUT2D eigenvalue weighted by Gasteiger charge is -2.19. The van der Waals surface area contributed by atoms with Crippen molar-refractivity contribution in [2.24, 2.45) is 0 Å². The molecule has 2 aromatic carbocycles. The monoisotopic (exact) mass is 351 g/mol. The molecule has 3 aromatic rings. The Labute approximate surface area is 148 Å². The zero-order valence-electron chi connectivity index (χ0n) is 13.9. The van der Waals surface area contributed by atoms with Crippen LogP contribution >= 0.6 is 0 Å². The number of para-hydroxylation sites is 1. The fourth-order valence-corrected chi connectivity index (χ4v) is 3.36. The van der Waals surface area contributed by atoms with E-state index in [-0.39, 0.29) is 22.7 Å². The molecule has 1 atom stereocenters. The Morgan fingerprint density at radius 3 is 2.85 bits per heavy atom. The molecule has 0 bridgehead atoms. The molecule has 1 fully saturated rings. The molecule has 1 aromatic heterocycles. The normalized spacial score (nSPS) is 16.8. The zero-order chi connectivity index (χ0) is 18.1. The molecule has 1 unspecified atom stereocenters. The van der Waals surface area contributed by atoms with Gasteiger partial charge in [0.05, 0.1) is 22.2 Å². The lowest BCUT2D eigenvalue weighted by molar-refractivity contribution is -0.384. The molecule has 2 heterocycles. The van der Waals surface area contributed by atoms with Gasteiger partial charge in [0.15, 0.2) is 0 Å². The summed E-state index contributed by atoms with van der Waals surface area (Å²) in [4.78, 5) is 31.6. The van der Waals surface area contributed by atoms with Crippen LogP contribution in [0.5, 0.6) is 0 Å². The average molecular weight is 351 g/mol. The van der Waals surface area contributed by atoms with Gasteiger partial charge in [-0.1, -0.05) is 18.2 Å². The zero-order valence-corrected chi connectivity index (χ0v) is 13.9. The Hall–Kier alpha value is -3.42. The van der Waals surface area contributed by atoms with Gasteiger partial charge in [0, 0.05) is 30.9 Å². The molecule has 0 amide bonds. The van der Waals surface area contributed by atoms with Crippen LogP contribution in [-0.2, 0) is 0 Å². The Morgan fingerprint density at radius 1 is 1.27 bits per heavy atom. The second-order valence-corrected chi connectivity index (χ2v) is 6.29. The summed E-state index contributed by atoms with van der Waals surface area (Å²) in [7, 11) is 0. The molecule has 4 rings (SSSR count). The largest absolute Gasteiger partial charge is 0.380 e. The highest BCUT2D eigenvalue weighted by molar-refractivity contribution is 5.87. The number of aromatic amines is 1. The Morgan fingerprint density at radius 2 is 2.08 bits per heavy atom. The smallest absolute Gasteiger partial charge is 0.293 e. The van der Waals surface area contributed by atoms with E-state index in [1.165, 1.54) is 12.4 Å². The van der Waals surface area contributed by atoms with Crippen LogP contribution in [-0.4, -0.2) is 34.0 Å². The minimum Gasteiger partial charge on any atom is -0.380 e. The van der Waals surface area contributed by atoms with E-state index in [0.29, 0.717) is 24.3 Å². The summed E-state index contributed by atoms with van der Waals surface area (Å²) in [6, 6.07) is 13.0. The van der Waals surface area contributed by atoms with Crippen LogP contribution in [0.3, 0.4) is 0 Å². The van der Waals surface area contributed by atoms with Crippen molar-refractivity contribution in [2.45, 2.75) is 12.5 Å². The molecule has 8 nitrogen and oxygen atoms in total. The van der Waals surface area contributed by atoms with Crippen molar-refractivity contribution in [3.8, 4) is 0 Å². The van der Waals surface area contributed by atoms with Crippen molar-refractivity contribution >= 4 is 28.0 Å². The number of anilines is 2. The molecule has 1 aliphatic rings. The third-order valence-electron chi connectivity index (χ3n) is 4.61. The molecule has 0 aliphatic carbocycles. The fraction of sp³-hybridized carbons (Fsp3) is 0.222. The number of hydrogen-bond donors (Lipinski definition) is 2. The van der Waals surface area contributed by atoms with Gasteiger partial charge in [-0.15, -0.1) is 0 Å². The first kappa shape index (κ1) is 16.1. The van der Waals surface area contributed by atoms with Crippen molar-refractivity contribution < 1.29 is 4.92 Å². The molecule has 26 heavy (non-hydrogen) atoms. The van der Waals surface area contributed by atoms with E-state index in [2.05, 4.69) is 15.3 Å². The van der Waals surface area contributed by atoms with Crippen LogP contribution in [0, 0.1) is 10.1 Å². The summed E-state index contributed by atoms with van der Waals surface area (Å²) in [5.74, 6) is 0. The van der Waals surface area contributed by atoms with Crippen LogP contribution < -0.4 is 15.8 Å². The van der Waals surface area contributed by atoms with Crippen LogP contribution in [0.15, 0.2) is 53.6 Å². The van der Waals surface area contributed by atoms with Crippen LogP contribution in [0.25, 0.3) is 10.9 Å². The molecule has 1 saturated heterocycles. The van der Waals surface area contributed by atoms with E-state index in [1.54, 1.807) is 6.07 Å². The van der Waals surface area contributed by atoms with Gasteiger partial charge in [0.2, 0.25) is 0 Å². The number of H-pyrrole nitrogens is 1. The number of nitro groups is 1. The highest BCUT2D eigenvalue weighted by Crippen LogP contribution is 2.33. The summed E-state index contributed by atoms with van der Waals surface area (Å²) in [5.41, 5.74) is 1.53. The van der Waals surface area contributed by atoms with Crippen molar-refractivity contribution in [1.82, 2.24) is 9.97 Å². The van der Waals surface area contributed by atoms with Crippen molar-refractivity contribution in [3.05, 3.63) is 69.3 Å². The van der Waals surface area contributed by atoms with E-state index in [4.69, 9.17) is 0 Å². The lowest BCUT2D eigenvalue weighted by atomic mass is 10.1. The van der Waals surface area contributed by atoms with Crippen LogP contribution in [0.4, 0.5) is 17.1 Å². The fourth-order valence-electron chi connectivity index (χ4n) is 3.36. The Bertz CT molecular complexity index is 1020. The molecule has 8 heteroatoms. The number of nitrogens with one attached hydrogen (secondary N) is 2. The van der Waals surface area contributed by atoms with Gasteiger partial charge < -0.3 is 15.2 Å². The Balaban J connectivity index is 1.65. The number of nitrogens with zero attached hydrogens (tertiary/aromatic N) is 3. The van der Waals surface area contributed by atoms with E-state index < -0.39 is 4.92 Å². The summed E-state index contributed by atoms with van der Waals surface area (Å²) >= 11 is 0. The molecule has 2 N–H and O–H groups in total. The molecule has 0 spiro atoms. The average Bonchev–Trinajstić information content (AvgIpc) is 3.10. The maximum Gasteiger partial charge on any atom is 0.293 e. The van der Waals surface area contributed by atoms with E-state index >= 15 is 0 Å². The number of benzene rings is 2. The first-order valence-corrected chi connectivity index (χ1v) is 8.34. The maximum absolute atomic E-state index is 11.9. The number of hydrogen-bond acceptors (Lipinski definition) is 6. The van der Waals surface area contributed by atoms with Gasteiger partial charge in [0.25, 0.3) is 11.2 Å². The van der Waals surface area contributed by atoms with Gasteiger partial charge in [-0.2, -0.15) is 0 Å². The third-order valence-corrected chi connectivity index (χ3v) is 4.61. The highest BCUT2D eigenvalue weighted by atomic mass is 16.6. The minimum atomic E-state index is -0.445. The standard InChI is InChI=1S/C18H17N5O3/c24-18-14-8-17(23(25)26)16(9-15(14)19-11-20-18)22-7-6-13(10-22)21-12-4-2-1-3-5-12/h1-5,8-9,11,13,21H,6-7,10H2,(H,19,20,24). The highest BCUT2D eigenvalue weighted by Gasteiger charge is 2.28. The summed E-state index contributed by atoms with van der Waals surface area (Å²) in [6.45, 7) is 1.34. The van der Waals surface area contributed by atoms with Gasteiger partial charge in [-0.25, -0.2) is 4.98 Å². The van der Waals surface area contributed by atoms with Crippen LogP contribution in [0.1, 0.15) is 6.42 Å². The molecular weight excluding hydrogens is 334 g/mol. The number of fused-ring (bicyclic) bond motifs is 1. The van der Waals surface area contributed by atoms with Crippen LogP contribution in [0.2, 0.25) is 0 Å². The Kier molecular flexibility index (Phi) is 4.00. The van der Waals surface area contributed by atoms with Gasteiger partial charge >= 0.3 is 0 Å². The topological polar surface area (TPSA) is 104 Å². The molecule has 0 saturated carbocycles. The summed E-state index contributed by atoms with van der Waals surface area (Å²) < 4.78 is 0. The molecular formula is C18H17N5O3. The molecule has 0 radical (unpaired) electrons. The third kappa shape index (κ3) is 2.97. The first-order chi connectivity index (χ1) is 12.6. The SMILES string of the molecule is O=c1[nH]cnc2cc(N3CCC(Nc4ccccc4)C3)c([N+](=O)[O-])cc12. The lowest BCUT2D eigenvalue weighted by Crippen LogP contribution is -2.26. The van der Waals surface area contributed by atoms with Gasteiger partial charge in [-0.3, -0.25) is 14.9 Å². The predicted octanol–water partition coefficient (Wildman–Crippen LogP) is 2.52. The number of rotatable bonds is 4. The van der Waals surface area contributed by atoms with Crippen molar-refractivity contribution in [2.75, 3.05) is 23.3 Å². The van der Waals surface area contributed by atoms with E-state index in [9.17, 15) is 14.9 Å². The predicted molar refractivity (Wildman–Crippen MR) is 99.7 cm³/mol. The van der Waals surface area contributed by atoms with E-state index in [0.717, 1.165) is 12.1 Å². The minimum absolute atomic E-state index is 0.0728.